The van der Waals surface area contributed by atoms with Crippen LogP contribution in [-0.4, -0.2) is 55.5 Å². The van der Waals surface area contributed by atoms with E-state index in [-0.39, 0.29) is 5.91 Å². The molecule has 1 amide bonds. The van der Waals surface area contributed by atoms with E-state index >= 15 is 0 Å². The Hall–Kier alpha value is -1.35. The second-order valence-corrected chi connectivity index (χ2v) is 6.05. The molecule has 1 aromatic heterocycles. The molecule has 0 spiro atoms. The van der Waals surface area contributed by atoms with Crippen molar-refractivity contribution in [3.63, 3.8) is 0 Å². The summed E-state index contributed by atoms with van der Waals surface area (Å²) in [6, 6.07) is 2.36. The smallest absolute Gasteiger partial charge is 0.265 e. The van der Waals surface area contributed by atoms with E-state index < -0.39 is 0 Å². The molecule has 1 unspecified atom stereocenters. The highest BCUT2D eigenvalue weighted by molar-refractivity contribution is 7.12. The summed E-state index contributed by atoms with van der Waals surface area (Å²) in [6.07, 6.45) is 2.38. The van der Waals surface area contributed by atoms with Crippen molar-refractivity contribution >= 4 is 17.2 Å². The van der Waals surface area contributed by atoms with Gasteiger partial charge in [0.1, 0.15) is 4.88 Å². The molecule has 0 radical (unpaired) electrons. The van der Waals surface area contributed by atoms with Crippen LogP contribution < -0.4 is 5.73 Å². The molecule has 0 saturated carbocycles. The third kappa shape index (κ3) is 3.40. The molecule has 4 nitrogen and oxygen atoms in total. The first-order valence-corrected chi connectivity index (χ1v) is 7.73. The van der Waals surface area contributed by atoms with Crippen molar-refractivity contribution in [1.82, 2.24) is 9.80 Å². The number of nitrogens with two attached hydrogens (primary N) is 1. The van der Waals surface area contributed by atoms with Gasteiger partial charge in [-0.05, 0) is 37.9 Å². The Balaban J connectivity index is 2.05. The zero-order valence-corrected chi connectivity index (χ0v) is 12.9. The fraction of sp³-hybridized carbons (Fsp3) is 0.533. The van der Waals surface area contributed by atoms with Crippen LogP contribution in [0.15, 0.2) is 11.4 Å². The highest BCUT2D eigenvalue weighted by Crippen LogP contribution is 2.20. The van der Waals surface area contributed by atoms with Crippen LogP contribution in [0.2, 0.25) is 0 Å². The number of amides is 1. The molecule has 1 aliphatic rings. The zero-order valence-electron chi connectivity index (χ0n) is 12.1. The van der Waals surface area contributed by atoms with Crippen molar-refractivity contribution in [2.24, 2.45) is 5.73 Å². The Kier molecular flexibility index (Phi) is 5.18. The lowest BCUT2D eigenvalue weighted by Crippen LogP contribution is -2.39. The van der Waals surface area contributed by atoms with E-state index in [2.05, 4.69) is 23.8 Å². The van der Waals surface area contributed by atoms with Crippen LogP contribution >= 0.6 is 11.3 Å². The van der Waals surface area contributed by atoms with Crippen LogP contribution in [0.25, 0.3) is 0 Å². The summed E-state index contributed by atoms with van der Waals surface area (Å²) in [7, 11) is 3.99. The first kappa shape index (κ1) is 15.0. The molecule has 108 valence electrons. The van der Waals surface area contributed by atoms with Gasteiger partial charge < -0.3 is 15.5 Å². The minimum Gasteiger partial charge on any atom is -0.339 e. The summed E-state index contributed by atoms with van der Waals surface area (Å²) in [5.41, 5.74) is 6.17. The molecule has 1 aromatic rings. The van der Waals surface area contributed by atoms with Gasteiger partial charge in [0.15, 0.2) is 0 Å². The molecule has 2 N–H and O–H groups in total. The molecular weight excluding hydrogens is 270 g/mol. The maximum atomic E-state index is 12.5. The van der Waals surface area contributed by atoms with Crippen molar-refractivity contribution in [2.45, 2.75) is 18.9 Å². The molecule has 5 heteroatoms. The predicted molar refractivity (Wildman–Crippen MR) is 82.9 cm³/mol. The van der Waals surface area contributed by atoms with Crippen LogP contribution in [0.4, 0.5) is 0 Å². The van der Waals surface area contributed by atoms with Crippen LogP contribution in [0.1, 0.15) is 28.1 Å². The monoisotopic (exact) mass is 291 g/mol. The lowest BCUT2D eigenvalue weighted by Gasteiger charge is -2.25. The number of carbonyl (C=O) groups is 1. The summed E-state index contributed by atoms with van der Waals surface area (Å²) in [5.74, 6) is 5.84. The Morgan fingerprint density at radius 1 is 1.65 bits per heavy atom. The van der Waals surface area contributed by atoms with E-state index in [1.165, 1.54) is 24.2 Å². The van der Waals surface area contributed by atoms with Gasteiger partial charge >= 0.3 is 0 Å². The number of hydrogen-bond acceptors (Lipinski definition) is 4. The average Bonchev–Trinajstić information content (AvgIpc) is 3.05. The summed E-state index contributed by atoms with van der Waals surface area (Å²) in [5, 5.41) is 1.91. The van der Waals surface area contributed by atoms with E-state index in [1.54, 1.807) is 0 Å². The Morgan fingerprint density at radius 3 is 3.10 bits per heavy atom. The summed E-state index contributed by atoms with van der Waals surface area (Å²) in [4.78, 5) is 17.4. The molecule has 1 saturated heterocycles. The van der Waals surface area contributed by atoms with Gasteiger partial charge in [-0.2, -0.15) is 0 Å². The predicted octanol–water partition coefficient (Wildman–Crippen LogP) is 1.22. The minimum atomic E-state index is 0.0571. The van der Waals surface area contributed by atoms with Gasteiger partial charge in [-0.25, -0.2) is 0 Å². The van der Waals surface area contributed by atoms with Gasteiger partial charge in [0.2, 0.25) is 0 Å². The fourth-order valence-electron chi connectivity index (χ4n) is 2.50. The van der Waals surface area contributed by atoms with Gasteiger partial charge in [-0.15, -0.1) is 11.3 Å². The largest absolute Gasteiger partial charge is 0.339 e. The molecule has 0 aliphatic carbocycles. The molecule has 1 aliphatic heterocycles. The number of hydrogen-bond donors (Lipinski definition) is 1. The van der Waals surface area contributed by atoms with Crippen molar-refractivity contribution in [2.75, 3.05) is 33.7 Å². The zero-order chi connectivity index (χ0) is 14.5. The van der Waals surface area contributed by atoms with Gasteiger partial charge in [-0.1, -0.05) is 11.8 Å². The lowest BCUT2D eigenvalue weighted by molar-refractivity contribution is 0.0766. The first-order chi connectivity index (χ1) is 9.63. The van der Waals surface area contributed by atoms with Crippen LogP contribution in [-0.2, 0) is 0 Å². The van der Waals surface area contributed by atoms with Crippen molar-refractivity contribution in [3.05, 3.63) is 21.9 Å². The van der Waals surface area contributed by atoms with Crippen molar-refractivity contribution < 1.29 is 4.79 Å². The topological polar surface area (TPSA) is 49.6 Å². The SMILES string of the molecule is CN(CC1CCCN1C)C(=O)c1sccc1C#CCN. The number of likely N-dealkylation sites (N-methyl/N-ethyl adjacent to an activating group) is 2. The summed E-state index contributed by atoms with van der Waals surface area (Å²) >= 11 is 1.45. The maximum absolute atomic E-state index is 12.5. The third-order valence-corrected chi connectivity index (χ3v) is 4.59. The first-order valence-electron chi connectivity index (χ1n) is 6.85. The van der Waals surface area contributed by atoms with E-state index in [1.807, 2.05) is 23.4 Å². The maximum Gasteiger partial charge on any atom is 0.265 e. The number of carbonyl (C=O) groups excluding carboxylic acids is 1. The molecule has 0 bridgehead atoms. The van der Waals surface area contributed by atoms with Gasteiger partial charge in [-0.3, -0.25) is 4.79 Å². The van der Waals surface area contributed by atoms with Gasteiger partial charge in [0.05, 0.1) is 6.54 Å². The summed E-state index contributed by atoms with van der Waals surface area (Å²) in [6.45, 7) is 2.21. The van der Waals surface area contributed by atoms with E-state index in [4.69, 9.17) is 5.73 Å². The molecule has 2 heterocycles. The number of rotatable bonds is 3. The third-order valence-electron chi connectivity index (χ3n) is 3.69. The second kappa shape index (κ2) is 6.89. The Bertz CT molecular complexity index is 529. The minimum absolute atomic E-state index is 0.0571. The highest BCUT2D eigenvalue weighted by atomic mass is 32.1. The van der Waals surface area contributed by atoms with Crippen LogP contribution in [0.3, 0.4) is 0 Å². The van der Waals surface area contributed by atoms with E-state index in [9.17, 15) is 4.79 Å². The van der Waals surface area contributed by atoms with Crippen LogP contribution in [0.5, 0.6) is 0 Å². The number of likely N-dealkylation sites (tertiary alicyclic amines) is 1. The lowest BCUT2D eigenvalue weighted by atomic mass is 10.2. The van der Waals surface area contributed by atoms with Gasteiger partial charge in [0.25, 0.3) is 5.91 Å². The standard InChI is InChI=1S/C15H21N3OS/c1-17-9-4-6-13(17)11-18(2)15(19)14-12(5-3-8-16)7-10-20-14/h7,10,13H,4,6,8-9,11,16H2,1-2H3. The summed E-state index contributed by atoms with van der Waals surface area (Å²) < 4.78 is 0. The van der Waals surface area contributed by atoms with Crippen LogP contribution in [0, 0.1) is 11.8 Å². The Labute approximate surface area is 124 Å². The molecule has 0 aromatic carbocycles. The van der Waals surface area contributed by atoms with Gasteiger partial charge in [0, 0.05) is 25.2 Å². The quantitative estimate of drug-likeness (QED) is 0.852. The van der Waals surface area contributed by atoms with Crippen molar-refractivity contribution in [3.8, 4) is 11.8 Å². The molecule has 1 fully saturated rings. The van der Waals surface area contributed by atoms with Crippen molar-refractivity contribution in [1.29, 1.82) is 0 Å². The average molecular weight is 291 g/mol. The van der Waals surface area contributed by atoms with E-state index in [0.717, 1.165) is 18.7 Å². The highest BCUT2D eigenvalue weighted by Gasteiger charge is 2.25. The fourth-order valence-corrected chi connectivity index (χ4v) is 3.34. The second-order valence-electron chi connectivity index (χ2n) is 5.13. The number of nitrogens with zero attached hydrogens (tertiary/aromatic N) is 2. The molecule has 1 atom stereocenters. The Morgan fingerprint density at radius 2 is 2.45 bits per heavy atom. The molecule has 2 rings (SSSR count). The molecule has 20 heavy (non-hydrogen) atoms. The number of thiophene rings is 1. The normalized spacial score (nSPS) is 18.6. The molecular formula is C15H21N3OS. The van der Waals surface area contributed by atoms with E-state index in [0.29, 0.717) is 17.5 Å².